The average molecular weight is 339 g/mol. The van der Waals surface area contributed by atoms with Crippen LogP contribution < -0.4 is 10.6 Å². The zero-order chi connectivity index (χ0) is 16.2. The summed E-state index contributed by atoms with van der Waals surface area (Å²) >= 11 is 5.87. The van der Waals surface area contributed by atoms with Gasteiger partial charge >= 0.3 is 6.03 Å². The number of aliphatic hydroxyl groups is 1. The van der Waals surface area contributed by atoms with E-state index in [-0.39, 0.29) is 18.7 Å². The first-order chi connectivity index (χ1) is 11.2. The summed E-state index contributed by atoms with van der Waals surface area (Å²) in [5, 5.41) is 16.1. The van der Waals surface area contributed by atoms with Gasteiger partial charge in [0.25, 0.3) is 0 Å². The summed E-state index contributed by atoms with van der Waals surface area (Å²) in [5.41, 5.74) is 0.831. The molecule has 1 aliphatic heterocycles. The number of hydrogen-bond donors (Lipinski definition) is 3. The van der Waals surface area contributed by atoms with Gasteiger partial charge in [-0.2, -0.15) is 0 Å². The minimum absolute atomic E-state index is 0.154. The zero-order valence-electron chi connectivity index (χ0n) is 13.0. The van der Waals surface area contributed by atoms with Crippen LogP contribution in [0.5, 0.6) is 0 Å². The molecular formula is C17H23ClN2O3. The molecule has 126 valence electrons. The number of hydrogen-bond acceptors (Lipinski definition) is 3. The predicted molar refractivity (Wildman–Crippen MR) is 88.4 cm³/mol. The number of urea groups is 1. The Balaban J connectivity index is 1.58. The van der Waals surface area contributed by atoms with E-state index in [9.17, 15) is 9.90 Å². The van der Waals surface area contributed by atoms with Crippen molar-refractivity contribution in [2.75, 3.05) is 13.2 Å². The van der Waals surface area contributed by atoms with Crippen LogP contribution in [0.25, 0.3) is 0 Å². The molecule has 6 heteroatoms. The van der Waals surface area contributed by atoms with Gasteiger partial charge in [0.2, 0.25) is 0 Å². The summed E-state index contributed by atoms with van der Waals surface area (Å²) in [5.74, 6) is 0.414. The molecule has 2 amide bonds. The standard InChI is InChI=1S/C17H23ClN2O3/c18-12-6-4-11(5-7-12)15(10-21)20-17(22)19-14-2-1-3-16-13(14)8-9-23-16/h4-7,13-16,21H,1-3,8-10H2,(H2,19,20,22). The fraction of sp³-hybridized carbons (Fsp3) is 0.588. The van der Waals surface area contributed by atoms with Gasteiger partial charge in [0.15, 0.2) is 0 Å². The Bertz CT molecular complexity index is 537. The first-order valence-electron chi connectivity index (χ1n) is 8.22. The Labute approximate surface area is 141 Å². The maximum absolute atomic E-state index is 12.3. The summed E-state index contributed by atoms with van der Waals surface area (Å²) in [6.07, 6.45) is 4.46. The Morgan fingerprint density at radius 1 is 1.30 bits per heavy atom. The van der Waals surface area contributed by atoms with Gasteiger partial charge in [-0.25, -0.2) is 4.79 Å². The number of rotatable bonds is 4. The number of fused-ring (bicyclic) bond motifs is 1. The topological polar surface area (TPSA) is 70.6 Å². The number of carbonyl (C=O) groups excluding carboxylic acids is 1. The van der Waals surface area contributed by atoms with Crippen LogP contribution in [0.1, 0.15) is 37.3 Å². The molecule has 3 N–H and O–H groups in total. The van der Waals surface area contributed by atoms with Gasteiger partial charge in [-0.1, -0.05) is 23.7 Å². The lowest BCUT2D eigenvalue weighted by Gasteiger charge is -2.33. The van der Waals surface area contributed by atoms with Gasteiger partial charge in [0.1, 0.15) is 0 Å². The molecule has 1 aromatic carbocycles. The second-order valence-electron chi connectivity index (χ2n) is 6.30. The third kappa shape index (κ3) is 3.97. The molecule has 5 nitrogen and oxygen atoms in total. The second-order valence-corrected chi connectivity index (χ2v) is 6.74. The molecule has 4 atom stereocenters. The van der Waals surface area contributed by atoms with Crippen molar-refractivity contribution in [3.63, 3.8) is 0 Å². The molecule has 1 saturated carbocycles. The Hall–Kier alpha value is -1.30. The molecule has 1 aromatic rings. The van der Waals surface area contributed by atoms with Crippen LogP contribution in [0.4, 0.5) is 4.79 Å². The van der Waals surface area contributed by atoms with Crippen molar-refractivity contribution in [1.29, 1.82) is 0 Å². The Kier molecular flexibility index (Phi) is 5.41. The van der Waals surface area contributed by atoms with Crippen molar-refractivity contribution in [2.45, 2.75) is 43.9 Å². The van der Waals surface area contributed by atoms with Gasteiger partial charge in [0.05, 0.1) is 18.8 Å². The lowest BCUT2D eigenvalue weighted by molar-refractivity contribution is 0.0548. The molecule has 4 unspecified atom stereocenters. The maximum Gasteiger partial charge on any atom is 0.315 e. The highest BCUT2D eigenvalue weighted by molar-refractivity contribution is 6.30. The Morgan fingerprint density at radius 3 is 2.83 bits per heavy atom. The van der Waals surface area contributed by atoms with E-state index in [1.54, 1.807) is 12.1 Å². The van der Waals surface area contributed by atoms with Gasteiger partial charge in [-0.3, -0.25) is 0 Å². The van der Waals surface area contributed by atoms with Crippen molar-refractivity contribution in [1.82, 2.24) is 10.6 Å². The number of halogens is 1. The smallest absolute Gasteiger partial charge is 0.315 e. The van der Waals surface area contributed by atoms with Crippen LogP contribution in [-0.2, 0) is 4.74 Å². The van der Waals surface area contributed by atoms with Crippen LogP contribution >= 0.6 is 11.6 Å². The minimum atomic E-state index is -0.438. The molecule has 0 aromatic heterocycles. The number of aliphatic hydroxyl groups excluding tert-OH is 1. The van der Waals surface area contributed by atoms with Crippen LogP contribution in [0, 0.1) is 5.92 Å². The lowest BCUT2D eigenvalue weighted by atomic mass is 9.82. The SMILES string of the molecule is O=C(NC(CO)c1ccc(Cl)cc1)NC1CCCC2OCCC12. The van der Waals surface area contributed by atoms with Crippen molar-refractivity contribution >= 4 is 17.6 Å². The zero-order valence-corrected chi connectivity index (χ0v) is 13.8. The number of benzene rings is 1. The number of amides is 2. The van der Waals surface area contributed by atoms with Crippen molar-refractivity contribution in [3.05, 3.63) is 34.9 Å². The molecule has 0 spiro atoms. The molecule has 1 saturated heterocycles. The summed E-state index contributed by atoms with van der Waals surface area (Å²) in [7, 11) is 0. The summed E-state index contributed by atoms with van der Waals surface area (Å²) < 4.78 is 5.73. The largest absolute Gasteiger partial charge is 0.394 e. The maximum atomic E-state index is 12.3. The van der Waals surface area contributed by atoms with Crippen molar-refractivity contribution < 1.29 is 14.6 Å². The van der Waals surface area contributed by atoms with E-state index in [4.69, 9.17) is 16.3 Å². The number of carbonyl (C=O) groups is 1. The highest BCUT2D eigenvalue weighted by Gasteiger charge is 2.38. The van der Waals surface area contributed by atoms with Gasteiger partial charge < -0.3 is 20.5 Å². The summed E-state index contributed by atoms with van der Waals surface area (Å²) in [6.45, 7) is 0.633. The molecule has 23 heavy (non-hydrogen) atoms. The van der Waals surface area contributed by atoms with E-state index in [1.807, 2.05) is 12.1 Å². The first-order valence-corrected chi connectivity index (χ1v) is 8.60. The van der Waals surface area contributed by atoms with E-state index in [0.29, 0.717) is 17.0 Å². The molecule has 1 heterocycles. The number of ether oxygens (including phenoxy) is 1. The Morgan fingerprint density at radius 2 is 2.09 bits per heavy atom. The molecule has 2 aliphatic rings. The lowest BCUT2D eigenvalue weighted by Crippen LogP contribution is -2.50. The molecule has 3 rings (SSSR count). The highest BCUT2D eigenvalue weighted by atomic mass is 35.5. The van der Waals surface area contributed by atoms with E-state index >= 15 is 0 Å². The average Bonchev–Trinajstić information content (AvgIpc) is 3.03. The fourth-order valence-corrected chi connectivity index (χ4v) is 3.78. The van der Waals surface area contributed by atoms with E-state index < -0.39 is 6.04 Å². The van der Waals surface area contributed by atoms with Crippen molar-refractivity contribution in [2.24, 2.45) is 5.92 Å². The summed E-state index contributed by atoms with van der Waals surface area (Å²) in [6, 6.07) is 6.60. The number of nitrogens with one attached hydrogen (secondary N) is 2. The predicted octanol–water partition coefficient (Wildman–Crippen LogP) is 2.63. The van der Waals surface area contributed by atoms with Crippen LogP contribution in [0.3, 0.4) is 0 Å². The second kappa shape index (κ2) is 7.51. The van der Waals surface area contributed by atoms with E-state index in [0.717, 1.165) is 37.9 Å². The van der Waals surface area contributed by atoms with E-state index in [2.05, 4.69) is 10.6 Å². The van der Waals surface area contributed by atoms with Crippen LogP contribution in [0.15, 0.2) is 24.3 Å². The van der Waals surface area contributed by atoms with Gasteiger partial charge in [0, 0.05) is 23.6 Å². The highest BCUT2D eigenvalue weighted by Crippen LogP contribution is 2.34. The monoisotopic (exact) mass is 338 g/mol. The van der Waals surface area contributed by atoms with Crippen molar-refractivity contribution in [3.8, 4) is 0 Å². The normalized spacial score (nSPS) is 28.0. The third-order valence-corrected chi connectivity index (χ3v) is 5.11. The molecular weight excluding hydrogens is 316 g/mol. The van der Waals surface area contributed by atoms with Gasteiger partial charge in [-0.15, -0.1) is 0 Å². The molecule has 2 fully saturated rings. The quantitative estimate of drug-likeness (QED) is 0.790. The summed E-state index contributed by atoms with van der Waals surface area (Å²) in [4.78, 5) is 12.3. The third-order valence-electron chi connectivity index (χ3n) is 4.86. The fourth-order valence-electron chi connectivity index (χ4n) is 3.65. The molecule has 0 radical (unpaired) electrons. The van der Waals surface area contributed by atoms with E-state index in [1.165, 1.54) is 0 Å². The first kappa shape index (κ1) is 16.6. The molecule has 0 bridgehead atoms. The molecule has 1 aliphatic carbocycles. The van der Waals surface area contributed by atoms with Crippen LogP contribution in [-0.4, -0.2) is 36.5 Å². The van der Waals surface area contributed by atoms with Gasteiger partial charge in [-0.05, 0) is 43.4 Å². The minimum Gasteiger partial charge on any atom is -0.394 e. The van der Waals surface area contributed by atoms with Crippen LogP contribution in [0.2, 0.25) is 5.02 Å².